The van der Waals surface area contributed by atoms with Gasteiger partial charge in [-0.05, 0) is 6.42 Å². The van der Waals surface area contributed by atoms with Crippen molar-refractivity contribution in [2.75, 3.05) is 6.61 Å². The van der Waals surface area contributed by atoms with Crippen LogP contribution in [0.5, 0.6) is 0 Å². The molecule has 5 nitrogen and oxygen atoms in total. The van der Waals surface area contributed by atoms with E-state index in [0.717, 1.165) is 0 Å². The minimum absolute atomic E-state index is 0.0456. The van der Waals surface area contributed by atoms with Crippen molar-refractivity contribution in [2.45, 2.75) is 37.7 Å². The Morgan fingerprint density at radius 2 is 1.29 bits per heavy atom. The number of rotatable bonds is 4. The molecule has 1 fully saturated rings. The molecular weight excluding hydrogens is 216 g/mol. The van der Waals surface area contributed by atoms with E-state index in [1.165, 1.54) is 0 Å². The third-order valence-corrected chi connectivity index (χ3v) is 3.49. The normalized spacial score (nSPS) is 19.5. The van der Waals surface area contributed by atoms with Gasteiger partial charge in [0.05, 0.1) is 37.1 Å². The summed E-state index contributed by atoms with van der Waals surface area (Å²) in [4.78, 5) is 0. The van der Waals surface area contributed by atoms with E-state index in [4.69, 9.17) is 25.8 Å². The smallest absolute Gasteiger partial charge is 0.102 e. The molecule has 5 heteroatoms. The molecule has 86 valence electrons. The maximum Gasteiger partial charge on any atom is 0.102 e. The second-order valence-corrected chi connectivity index (χ2v) is 4.21. The van der Waals surface area contributed by atoms with Crippen molar-refractivity contribution in [3.8, 4) is 24.3 Å². The summed E-state index contributed by atoms with van der Waals surface area (Å²) >= 11 is 0. The van der Waals surface area contributed by atoms with Crippen molar-refractivity contribution >= 4 is 0 Å². The molecule has 1 rings (SSSR count). The standard InChI is InChI=1S/C12H12N4O/c13-6-1-11(2-7-14)5-10-17-12(11,3-8-15)4-9-16/h1-5,10H2. The van der Waals surface area contributed by atoms with Crippen LogP contribution in [0.25, 0.3) is 0 Å². The molecule has 0 N–H and O–H groups in total. The van der Waals surface area contributed by atoms with Gasteiger partial charge in [0.25, 0.3) is 0 Å². The first-order valence-corrected chi connectivity index (χ1v) is 5.32. The zero-order chi connectivity index (χ0) is 12.8. The molecule has 1 aliphatic rings. The van der Waals surface area contributed by atoms with Crippen molar-refractivity contribution < 1.29 is 4.74 Å². The third-order valence-electron chi connectivity index (χ3n) is 3.49. The summed E-state index contributed by atoms with van der Waals surface area (Å²) in [5, 5.41) is 35.6. The quantitative estimate of drug-likeness (QED) is 0.729. The van der Waals surface area contributed by atoms with Crippen LogP contribution in [0, 0.1) is 50.7 Å². The van der Waals surface area contributed by atoms with Gasteiger partial charge in [-0.3, -0.25) is 0 Å². The van der Waals surface area contributed by atoms with E-state index in [-0.39, 0.29) is 25.7 Å². The van der Waals surface area contributed by atoms with Crippen LogP contribution < -0.4 is 0 Å². The van der Waals surface area contributed by atoms with Crippen molar-refractivity contribution in [1.82, 2.24) is 0 Å². The summed E-state index contributed by atoms with van der Waals surface area (Å²) in [6, 6.07) is 8.14. The fourth-order valence-corrected chi connectivity index (χ4v) is 2.48. The van der Waals surface area contributed by atoms with Gasteiger partial charge in [-0.2, -0.15) is 21.0 Å². The van der Waals surface area contributed by atoms with Crippen LogP contribution in [0.4, 0.5) is 0 Å². The summed E-state index contributed by atoms with van der Waals surface area (Å²) < 4.78 is 5.60. The highest BCUT2D eigenvalue weighted by molar-refractivity contribution is 5.15. The average Bonchev–Trinajstić information content (AvgIpc) is 2.60. The van der Waals surface area contributed by atoms with Gasteiger partial charge in [0.2, 0.25) is 0 Å². The Morgan fingerprint density at radius 3 is 1.71 bits per heavy atom. The number of ether oxygens (including phenoxy) is 1. The summed E-state index contributed by atoms with van der Waals surface area (Å²) in [6.07, 6.45) is 0.930. The van der Waals surface area contributed by atoms with Crippen LogP contribution in [0.2, 0.25) is 0 Å². The second kappa shape index (κ2) is 5.31. The highest BCUT2D eigenvalue weighted by atomic mass is 16.5. The number of hydrogen-bond acceptors (Lipinski definition) is 5. The SMILES string of the molecule is N#CCC1(CC#N)CCOC1(CC#N)CC#N. The van der Waals surface area contributed by atoms with E-state index < -0.39 is 11.0 Å². The van der Waals surface area contributed by atoms with Gasteiger partial charge in [0.15, 0.2) is 0 Å². The minimum Gasteiger partial charge on any atom is -0.372 e. The number of nitrogens with zero attached hydrogens (tertiary/aromatic N) is 4. The lowest BCUT2D eigenvalue weighted by molar-refractivity contribution is -0.0540. The Labute approximate surface area is 100 Å². The average molecular weight is 228 g/mol. The van der Waals surface area contributed by atoms with Crippen LogP contribution >= 0.6 is 0 Å². The molecule has 0 aliphatic carbocycles. The van der Waals surface area contributed by atoms with Crippen LogP contribution in [0.3, 0.4) is 0 Å². The van der Waals surface area contributed by atoms with Gasteiger partial charge in [-0.1, -0.05) is 0 Å². The van der Waals surface area contributed by atoms with Gasteiger partial charge < -0.3 is 4.74 Å². The molecule has 17 heavy (non-hydrogen) atoms. The van der Waals surface area contributed by atoms with Gasteiger partial charge in [0.1, 0.15) is 5.60 Å². The largest absolute Gasteiger partial charge is 0.372 e. The first-order valence-electron chi connectivity index (χ1n) is 5.32. The highest BCUT2D eigenvalue weighted by Crippen LogP contribution is 2.52. The molecule has 0 aromatic carbocycles. The maximum absolute atomic E-state index is 8.91. The Balaban J connectivity index is 3.17. The van der Waals surface area contributed by atoms with E-state index in [0.29, 0.717) is 13.0 Å². The Bertz CT molecular complexity index is 369. The summed E-state index contributed by atoms with van der Waals surface area (Å²) in [5.74, 6) is 0. The van der Waals surface area contributed by atoms with Crippen molar-refractivity contribution in [3.05, 3.63) is 0 Å². The number of nitriles is 4. The molecule has 0 spiro atoms. The van der Waals surface area contributed by atoms with Crippen LogP contribution in [0.1, 0.15) is 32.1 Å². The number of hydrogen-bond donors (Lipinski definition) is 0. The lowest BCUT2D eigenvalue weighted by Crippen LogP contribution is -2.44. The first-order chi connectivity index (χ1) is 8.20. The fourth-order valence-electron chi connectivity index (χ4n) is 2.48. The first kappa shape index (κ1) is 13.0. The van der Waals surface area contributed by atoms with Gasteiger partial charge >= 0.3 is 0 Å². The van der Waals surface area contributed by atoms with Crippen LogP contribution in [-0.2, 0) is 4.74 Å². The van der Waals surface area contributed by atoms with E-state index in [2.05, 4.69) is 12.1 Å². The fraction of sp³-hybridized carbons (Fsp3) is 0.667. The summed E-state index contributed by atoms with van der Waals surface area (Å²) in [6.45, 7) is 0.396. The summed E-state index contributed by atoms with van der Waals surface area (Å²) in [7, 11) is 0. The third kappa shape index (κ3) is 2.07. The predicted octanol–water partition coefficient (Wildman–Crippen LogP) is 1.79. The molecule has 1 heterocycles. The minimum atomic E-state index is -0.956. The molecule has 0 unspecified atom stereocenters. The topological polar surface area (TPSA) is 104 Å². The molecule has 0 radical (unpaired) electrons. The van der Waals surface area contributed by atoms with Crippen molar-refractivity contribution in [2.24, 2.45) is 5.41 Å². The molecule has 0 atom stereocenters. The predicted molar refractivity (Wildman–Crippen MR) is 56.7 cm³/mol. The summed E-state index contributed by atoms with van der Waals surface area (Å²) in [5.41, 5.74) is -1.63. The molecule has 0 bridgehead atoms. The zero-order valence-electron chi connectivity index (χ0n) is 9.44. The second-order valence-electron chi connectivity index (χ2n) is 4.21. The Hall–Kier alpha value is -2.08. The molecular formula is C12H12N4O. The Morgan fingerprint density at radius 1 is 0.824 bits per heavy atom. The lowest BCUT2D eigenvalue weighted by atomic mass is 9.65. The molecule has 0 saturated carbocycles. The van der Waals surface area contributed by atoms with E-state index in [9.17, 15) is 0 Å². The van der Waals surface area contributed by atoms with E-state index >= 15 is 0 Å². The molecule has 0 aromatic rings. The molecule has 1 aliphatic heterocycles. The molecule has 0 amide bonds. The van der Waals surface area contributed by atoms with Crippen molar-refractivity contribution in [1.29, 1.82) is 21.0 Å². The lowest BCUT2D eigenvalue weighted by Gasteiger charge is -2.39. The van der Waals surface area contributed by atoms with Crippen LogP contribution in [0.15, 0.2) is 0 Å². The van der Waals surface area contributed by atoms with Crippen molar-refractivity contribution in [3.63, 3.8) is 0 Å². The highest BCUT2D eigenvalue weighted by Gasteiger charge is 2.56. The van der Waals surface area contributed by atoms with E-state index in [1.54, 1.807) is 0 Å². The van der Waals surface area contributed by atoms with Gasteiger partial charge in [-0.15, -0.1) is 0 Å². The molecule has 0 aromatic heterocycles. The maximum atomic E-state index is 8.91. The Kier molecular flexibility index (Phi) is 4.06. The van der Waals surface area contributed by atoms with Gasteiger partial charge in [0, 0.05) is 24.9 Å². The van der Waals surface area contributed by atoms with E-state index in [1.807, 2.05) is 12.1 Å². The van der Waals surface area contributed by atoms with Gasteiger partial charge in [-0.25, -0.2) is 0 Å². The zero-order valence-corrected chi connectivity index (χ0v) is 9.44. The molecule has 1 saturated heterocycles. The van der Waals surface area contributed by atoms with Crippen LogP contribution in [-0.4, -0.2) is 12.2 Å². The monoisotopic (exact) mass is 228 g/mol.